The van der Waals surface area contributed by atoms with E-state index < -0.39 is 64.9 Å². The number of methoxy groups -OCH3 is 1. The lowest BCUT2D eigenvalue weighted by molar-refractivity contribution is -0.311. The van der Waals surface area contributed by atoms with E-state index in [-0.39, 0.29) is 46.4 Å². The lowest BCUT2D eigenvalue weighted by atomic mass is 9.72. The number of nitrogens with zero attached hydrogens (tertiary/aromatic N) is 1. The van der Waals surface area contributed by atoms with Crippen molar-refractivity contribution in [3.63, 3.8) is 0 Å². The normalized spacial score (nSPS) is 34.6. The number of carbonyl (C=O) groups is 2. The fraction of sp³-hybridized carbons (Fsp3) is 0.500. The molecule has 0 radical (unpaired) electrons. The Morgan fingerprint density at radius 2 is 1.74 bits per heavy atom. The molecular formula is C28H31NO10. The van der Waals surface area contributed by atoms with Crippen LogP contribution >= 0.6 is 0 Å². The van der Waals surface area contributed by atoms with Crippen molar-refractivity contribution in [2.75, 3.05) is 21.2 Å². The van der Waals surface area contributed by atoms with Crippen LogP contribution in [-0.2, 0) is 21.5 Å². The van der Waals surface area contributed by atoms with Gasteiger partial charge in [-0.15, -0.1) is 0 Å². The molecule has 0 amide bonds. The Bertz CT molecular complexity index is 1450. The number of hydrogen-bond donors (Lipinski definition) is 5. The van der Waals surface area contributed by atoms with Crippen LogP contribution < -0.4 is 4.74 Å². The van der Waals surface area contributed by atoms with Crippen LogP contribution in [0.25, 0.3) is 0 Å². The van der Waals surface area contributed by atoms with Crippen molar-refractivity contribution < 1.29 is 49.3 Å². The number of benzene rings is 2. The van der Waals surface area contributed by atoms with Gasteiger partial charge in [0, 0.05) is 36.6 Å². The third kappa shape index (κ3) is 3.38. The molecule has 0 spiro atoms. The molecular weight excluding hydrogens is 510 g/mol. The molecule has 1 saturated heterocycles. The summed E-state index contributed by atoms with van der Waals surface area (Å²) < 4.78 is 17.4. The number of carbonyl (C=O) groups excluding carboxylic acids is 2. The van der Waals surface area contributed by atoms with Gasteiger partial charge in [-0.05, 0) is 45.6 Å². The van der Waals surface area contributed by atoms with E-state index in [0.717, 1.165) is 0 Å². The summed E-state index contributed by atoms with van der Waals surface area (Å²) in [7, 11) is 4.80. The zero-order valence-electron chi connectivity index (χ0n) is 22.2. The van der Waals surface area contributed by atoms with E-state index in [1.54, 1.807) is 32.8 Å². The summed E-state index contributed by atoms with van der Waals surface area (Å²) in [6.07, 6.45) is -4.29. The van der Waals surface area contributed by atoms with Gasteiger partial charge in [0.2, 0.25) is 12.1 Å². The summed E-state index contributed by atoms with van der Waals surface area (Å²) >= 11 is 0. The predicted octanol–water partition coefficient (Wildman–Crippen LogP) is 0.874. The molecule has 208 valence electrons. The molecule has 5 N–H and O–H groups in total. The summed E-state index contributed by atoms with van der Waals surface area (Å²) in [5, 5.41) is 55.4. The molecule has 0 saturated carbocycles. The zero-order chi connectivity index (χ0) is 28.3. The first-order chi connectivity index (χ1) is 18.2. The highest BCUT2D eigenvalue weighted by Crippen LogP contribution is 2.54. The van der Waals surface area contributed by atoms with Gasteiger partial charge in [0.05, 0.1) is 34.4 Å². The third-order valence-electron chi connectivity index (χ3n) is 8.66. The molecule has 2 bridgehead atoms. The maximum Gasteiger partial charge on any atom is 0.228 e. The number of hydrogen-bond acceptors (Lipinski definition) is 11. The molecule has 0 aromatic heterocycles. The van der Waals surface area contributed by atoms with Gasteiger partial charge in [0.25, 0.3) is 0 Å². The number of aromatic hydroxyl groups is 2. The number of likely N-dealkylation sites (N-methyl/N-ethyl adjacent to an activating group) is 1. The van der Waals surface area contributed by atoms with E-state index in [1.165, 1.54) is 19.2 Å². The smallest absolute Gasteiger partial charge is 0.228 e. The average molecular weight is 542 g/mol. The molecule has 2 aromatic carbocycles. The number of fused-ring (bicyclic) bond motifs is 8. The van der Waals surface area contributed by atoms with Crippen LogP contribution in [0.4, 0.5) is 0 Å². The lowest BCUT2D eigenvalue weighted by Crippen LogP contribution is -2.68. The van der Waals surface area contributed by atoms with E-state index in [1.807, 2.05) is 0 Å². The van der Waals surface area contributed by atoms with Crippen LogP contribution in [0.5, 0.6) is 17.2 Å². The highest BCUT2D eigenvalue weighted by atomic mass is 16.7. The highest BCUT2D eigenvalue weighted by Gasteiger charge is 2.59. The molecule has 1 fully saturated rings. The summed E-state index contributed by atoms with van der Waals surface area (Å²) in [6.45, 7) is 3.19. The Labute approximate surface area is 224 Å². The monoisotopic (exact) mass is 541 g/mol. The Balaban J connectivity index is 1.58. The van der Waals surface area contributed by atoms with Gasteiger partial charge in [-0.25, -0.2) is 0 Å². The Morgan fingerprint density at radius 3 is 2.38 bits per heavy atom. The van der Waals surface area contributed by atoms with Crippen molar-refractivity contribution in [2.45, 2.75) is 68.5 Å². The summed E-state index contributed by atoms with van der Waals surface area (Å²) in [5.41, 5.74) is -2.71. The van der Waals surface area contributed by atoms with Crippen LogP contribution in [0.15, 0.2) is 12.1 Å². The van der Waals surface area contributed by atoms with E-state index in [9.17, 15) is 35.1 Å². The number of phenols is 2. The van der Waals surface area contributed by atoms with Gasteiger partial charge < -0.3 is 44.6 Å². The number of aliphatic hydroxyl groups is 3. The largest absolute Gasteiger partial charge is 0.507 e. The number of rotatable bonds is 2. The SMILES string of the molecule is CO[C@@H]1C[C@](C)(O)Cc2cc3c(c(O)c21)C(=O)c1c(O)cc2c(c1C3=O)O[C@@H]1O[C@@]2(C)[C@@H](O)[C@@H](N(C)C)[C@@H]1O. The van der Waals surface area contributed by atoms with Crippen molar-refractivity contribution in [3.05, 3.63) is 51.1 Å². The van der Waals surface area contributed by atoms with Crippen LogP contribution in [0.1, 0.15) is 74.9 Å². The maximum absolute atomic E-state index is 14.1. The Hall–Kier alpha value is -3.06. The lowest BCUT2D eigenvalue weighted by Gasteiger charge is -2.53. The average Bonchev–Trinajstić information content (AvgIpc) is 2.84. The second kappa shape index (κ2) is 8.23. The van der Waals surface area contributed by atoms with Crippen molar-refractivity contribution in [1.29, 1.82) is 0 Å². The van der Waals surface area contributed by atoms with Gasteiger partial charge in [-0.1, -0.05) is 0 Å². The molecule has 2 heterocycles. The topological polar surface area (TPSA) is 166 Å². The second-order valence-electron chi connectivity index (χ2n) is 11.6. The van der Waals surface area contributed by atoms with E-state index >= 15 is 0 Å². The van der Waals surface area contributed by atoms with Gasteiger partial charge in [-0.2, -0.15) is 0 Å². The van der Waals surface area contributed by atoms with Crippen molar-refractivity contribution in [1.82, 2.24) is 4.90 Å². The number of aliphatic hydroxyl groups excluding tert-OH is 2. The number of phenolic OH excluding ortho intramolecular Hbond substituents is 2. The minimum absolute atomic E-state index is 0.0835. The minimum Gasteiger partial charge on any atom is -0.507 e. The first kappa shape index (κ1) is 26.2. The molecule has 11 nitrogen and oxygen atoms in total. The van der Waals surface area contributed by atoms with Gasteiger partial charge in [0.1, 0.15) is 35.1 Å². The van der Waals surface area contributed by atoms with E-state index in [2.05, 4.69) is 0 Å². The van der Waals surface area contributed by atoms with Crippen molar-refractivity contribution in [2.24, 2.45) is 0 Å². The Kier molecular flexibility index (Phi) is 5.52. The Morgan fingerprint density at radius 1 is 1.05 bits per heavy atom. The molecule has 39 heavy (non-hydrogen) atoms. The molecule has 0 unspecified atom stereocenters. The molecule has 4 aliphatic rings. The van der Waals surface area contributed by atoms with Gasteiger partial charge >= 0.3 is 0 Å². The highest BCUT2D eigenvalue weighted by molar-refractivity contribution is 6.31. The summed E-state index contributed by atoms with van der Waals surface area (Å²) in [6, 6.07) is 1.90. The van der Waals surface area contributed by atoms with Crippen molar-refractivity contribution in [3.8, 4) is 17.2 Å². The molecule has 2 aromatic rings. The van der Waals surface area contributed by atoms with E-state index in [4.69, 9.17) is 14.2 Å². The van der Waals surface area contributed by atoms with Gasteiger partial charge in [-0.3, -0.25) is 9.59 Å². The predicted molar refractivity (Wildman–Crippen MR) is 134 cm³/mol. The summed E-state index contributed by atoms with van der Waals surface area (Å²) in [4.78, 5) is 29.5. The number of ketones is 2. The second-order valence-corrected chi connectivity index (χ2v) is 11.6. The fourth-order valence-electron chi connectivity index (χ4n) is 6.76. The van der Waals surface area contributed by atoms with Crippen LogP contribution in [0.3, 0.4) is 0 Å². The van der Waals surface area contributed by atoms with Crippen molar-refractivity contribution >= 4 is 11.6 Å². The standard InChI is InChI=1S/C28H31NO10/c1-27(36)8-10-6-11-16(21(32)15(10)14(9-27)37-5)22(33)17-13(30)7-12-24(18(17)20(11)31)38-26-23(34)19(29(3)4)25(35)28(12,2)39-26/h6-7,14,19,23,25-26,30,32,34-36H,8-9H2,1-5H3/t14-,19+,23+,25+,26-,27-,28-/m1/s1. The molecule has 6 rings (SSSR count). The van der Waals surface area contributed by atoms with Crippen LogP contribution in [0, 0.1) is 0 Å². The first-order valence-electron chi connectivity index (χ1n) is 12.7. The zero-order valence-corrected chi connectivity index (χ0v) is 22.2. The van der Waals surface area contributed by atoms with E-state index in [0.29, 0.717) is 11.1 Å². The fourth-order valence-corrected chi connectivity index (χ4v) is 6.76. The minimum atomic E-state index is -1.50. The molecule has 7 atom stereocenters. The van der Waals surface area contributed by atoms with Crippen LogP contribution in [0.2, 0.25) is 0 Å². The summed E-state index contributed by atoms with van der Waals surface area (Å²) in [5.74, 6) is -2.54. The number of ether oxygens (including phenoxy) is 3. The quantitative estimate of drug-likeness (QED) is 0.312. The molecule has 2 aliphatic heterocycles. The third-order valence-corrected chi connectivity index (χ3v) is 8.66. The molecule has 2 aliphatic carbocycles. The maximum atomic E-state index is 14.1. The molecule has 11 heteroatoms. The first-order valence-corrected chi connectivity index (χ1v) is 12.7. The van der Waals surface area contributed by atoms with Crippen LogP contribution in [-0.4, -0.2) is 93.3 Å². The van der Waals surface area contributed by atoms with Gasteiger partial charge in [0.15, 0.2) is 5.78 Å².